The van der Waals surface area contributed by atoms with Crippen molar-refractivity contribution in [2.75, 3.05) is 45.9 Å². The number of rotatable bonds is 21. The van der Waals surface area contributed by atoms with Crippen LogP contribution in [0, 0.1) is 0 Å². The summed E-state index contributed by atoms with van der Waals surface area (Å²) in [6.07, 6.45) is 7.67. The first kappa shape index (κ1) is 31.7. The van der Waals surface area contributed by atoms with Gasteiger partial charge in [0.05, 0.1) is 25.6 Å². The molecule has 1 aliphatic heterocycles. The molecule has 34 heavy (non-hydrogen) atoms. The van der Waals surface area contributed by atoms with Crippen LogP contribution >= 0.6 is 0 Å². The molecule has 0 unspecified atom stereocenters. The van der Waals surface area contributed by atoms with Crippen molar-refractivity contribution in [3.05, 3.63) is 0 Å². The second-order valence-electron chi connectivity index (χ2n) is 9.02. The molecule has 1 fully saturated rings. The third-order valence-electron chi connectivity index (χ3n) is 5.78. The van der Waals surface area contributed by atoms with Crippen molar-refractivity contribution in [1.29, 1.82) is 0 Å². The van der Waals surface area contributed by atoms with Crippen molar-refractivity contribution in [3.63, 3.8) is 0 Å². The predicted molar refractivity (Wildman–Crippen MR) is 134 cm³/mol. The maximum atomic E-state index is 11.5. The van der Waals surface area contributed by atoms with Gasteiger partial charge < -0.3 is 23.7 Å². The van der Waals surface area contributed by atoms with Crippen LogP contribution in [-0.4, -0.2) is 84.8 Å². The van der Waals surface area contributed by atoms with Crippen LogP contribution in [0.25, 0.3) is 0 Å². The van der Waals surface area contributed by atoms with Gasteiger partial charge in [0.2, 0.25) is 0 Å². The second-order valence-corrected chi connectivity index (χ2v) is 10.7. The van der Waals surface area contributed by atoms with Crippen LogP contribution in [-0.2, 0) is 38.0 Å². The molecular formula is C25H50O8S. The molecular weight excluding hydrogens is 460 g/mol. The summed E-state index contributed by atoms with van der Waals surface area (Å²) >= 11 is 0. The Labute approximate surface area is 208 Å². The molecule has 1 heterocycles. The van der Waals surface area contributed by atoms with E-state index in [-0.39, 0.29) is 37.1 Å². The molecule has 0 N–H and O–H groups in total. The van der Waals surface area contributed by atoms with E-state index in [1.165, 1.54) is 0 Å². The Morgan fingerprint density at radius 3 is 1.62 bits per heavy atom. The summed E-state index contributed by atoms with van der Waals surface area (Å²) in [5.74, 6) is 0. The van der Waals surface area contributed by atoms with Crippen LogP contribution in [0.1, 0.15) is 85.5 Å². The Morgan fingerprint density at radius 1 is 0.647 bits per heavy atom. The molecule has 0 aromatic rings. The minimum Gasteiger partial charge on any atom is -0.379 e. The summed E-state index contributed by atoms with van der Waals surface area (Å²) in [7, 11) is -3.53. The Kier molecular flexibility index (Phi) is 17.6. The molecule has 0 saturated carbocycles. The zero-order valence-corrected chi connectivity index (χ0v) is 23.0. The lowest BCUT2D eigenvalue weighted by Gasteiger charge is -2.46. The van der Waals surface area contributed by atoms with E-state index in [0.29, 0.717) is 39.5 Å². The largest absolute Gasteiger partial charge is 0.379 e. The molecule has 0 amide bonds. The minimum atomic E-state index is -3.53. The second kappa shape index (κ2) is 18.9. The molecule has 1 saturated heterocycles. The van der Waals surface area contributed by atoms with Crippen LogP contribution in [0.4, 0.5) is 0 Å². The highest BCUT2D eigenvalue weighted by Crippen LogP contribution is 2.31. The zero-order valence-electron chi connectivity index (χ0n) is 22.2. The minimum absolute atomic E-state index is 0.0313. The standard InChI is InChI=1S/C25H50O8S/c1-6-10-15-28-20-22-24(30-17-12-8-3)25(31-18-13-9-4)23(29-16-11-7-2)21(33-22)14-19-32-34(5,26)27/h21-25H,6-20H2,1-5H3/t21-,22-,23-,24-,25-/m1/s1. The molecule has 204 valence electrons. The molecule has 0 spiro atoms. The third-order valence-corrected chi connectivity index (χ3v) is 6.37. The van der Waals surface area contributed by atoms with Crippen molar-refractivity contribution in [1.82, 2.24) is 0 Å². The highest BCUT2D eigenvalue weighted by atomic mass is 32.2. The third kappa shape index (κ3) is 13.1. The van der Waals surface area contributed by atoms with Gasteiger partial charge in [0.15, 0.2) is 0 Å². The fourth-order valence-electron chi connectivity index (χ4n) is 3.80. The van der Waals surface area contributed by atoms with Crippen LogP contribution in [0.3, 0.4) is 0 Å². The summed E-state index contributed by atoms with van der Waals surface area (Å²) in [4.78, 5) is 0. The Bertz CT molecular complexity index is 585. The number of unbranched alkanes of at least 4 members (excludes halogenated alkanes) is 4. The summed E-state index contributed by atoms with van der Waals surface area (Å²) < 4.78 is 59.5. The molecule has 8 nitrogen and oxygen atoms in total. The highest BCUT2D eigenvalue weighted by Gasteiger charge is 2.48. The van der Waals surface area contributed by atoms with E-state index in [0.717, 1.165) is 57.6 Å². The van der Waals surface area contributed by atoms with Gasteiger partial charge in [0.1, 0.15) is 24.4 Å². The first-order chi connectivity index (χ1) is 16.4. The average Bonchev–Trinajstić information content (AvgIpc) is 2.79. The van der Waals surface area contributed by atoms with Gasteiger partial charge in [-0.25, -0.2) is 0 Å². The lowest BCUT2D eigenvalue weighted by molar-refractivity contribution is -0.267. The van der Waals surface area contributed by atoms with Crippen molar-refractivity contribution < 1.29 is 36.3 Å². The van der Waals surface area contributed by atoms with Gasteiger partial charge in [-0.05, 0) is 25.7 Å². The average molecular weight is 511 g/mol. The van der Waals surface area contributed by atoms with E-state index in [2.05, 4.69) is 27.7 Å². The van der Waals surface area contributed by atoms with Gasteiger partial charge in [-0.3, -0.25) is 4.18 Å². The summed E-state index contributed by atoms with van der Waals surface area (Å²) in [6.45, 7) is 11.4. The smallest absolute Gasteiger partial charge is 0.264 e. The normalized spacial score (nSPS) is 25.6. The predicted octanol–water partition coefficient (Wildman–Crippen LogP) is 4.49. The summed E-state index contributed by atoms with van der Waals surface area (Å²) in [6, 6.07) is 0. The highest BCUT2D eigenvalue weighted by molar-refractivity contribution is 7.85. The fourth-order valence-corrected chi connectivity index (χ4v) is 4.20. The lowest BCUT2D eigenvalue weighted by Crippen LogP contribution is -2.61. The Balaban J connectivity index is 3.10. The van der Waals surface area contributed by atoms with Gasteiger partial charge in [-0.1, -0.05) is 53.4 Å². The van der Waals surface area contributed by atoms with Gasteiger partial charge in [-0.15, -0.1) is 0 Å². The maximum absolute atomic E-state index is 11.5. The molecule has 0 aromatic heterocycles. The maximum Gasteiger partial charge on any atom is 0.264 e. The van der Waals surface area contributed by atoms with E-state index in [4.69, 9.17) is 27.9 Å². The van der Waals surface area contributed by atoms with E-state index in [1.54, 1.807) is 0 Å². The Hall–Kier alpha value is -0.290. The zero-order chi connectivity index (χ0) is 25.2. The van der Waals surface area contributed by atoms with E-state index in [1.807, 2.05) is 0 Å². The van der Waals surface area contributed by atoms with Gasteiger partial charge >= 0.3 is 0 Å². The lowest BCUT2D eigenvalue weighted by atomic mass is 9.92. The van der Waals surface area contributed by atoms with Gasteiger partial charge in [0.25, 0.3) is 10.1 Å². The monoisotopic (exact) mass is 510 g/mol. The molecule has 5 atom stereocenters. The van der Waals surface area contributed by atoms with Crippen LogP contribution < -0.4 is 0 Å². The van der Waals surface area contributed by atoms with E-state index < -0.39 is 10.1 Å². The van der Waals surface area contributed by atoms with Crippen molar-refractivity contribution in [2.45, 2.75) is 116 Å². The molecule has 0 bridgehead atoms. The molecule has 1 rings (SSSR count). The van der Waals surface area contributed by atoms with E-state index in [9.17, 15) is 8.42 Å². The molecule has 1 aliphatic rings. The number of hydrogen-bond donors (Lipinski definition) is 0. The van der Waals surface area contributed by atoms with Crippen molar-refractivity contribution in [2.24, 2.45) is 0 Å². The van der Waals surface area contributed by atoms with Crippen LogP contribution in [0.5, 0.6) is 0 Å². The fraction of sp³-hybridized carbons (Fsp3) is 1.00. The Morgan fingerprint density at radius 2 is 1.12 bits per heavy atom. The summed E-state index contributed by atoms with van der Waals surface area (Å²) in [5, 5.41) is 0. The quantitative estimate of drug-likeness (QED) is 0.165. The van der Waals surface area contributed by atoms with Crippen molar-refractivity contribution in [3.8, 4) is 0 Å². The molecule has 0 aliphatic carbocycles. The van der Waals surface area contributed by atoms with Crippen molar-refractivity contribution >= 4 is 10.1 Å². The first-order valence-electron chi connectivity index (χ1n) is 13.3. The topological polar surface area (TPSA) is 89.5 Å². The van der Waals surface area contributed by atoms with E-state index >= 15 is 0 Å². The molecule has 0 radical (unpaired) electrons. The first-order valence-corrected chi connectivity index (χ1v) is 15.1. The van der Waals surface area contributed by atoms with Crippen LogP contribution in [0.15, 0.2) is 0 Å². The number of hydrogen-bond acceptors (Lipinski definition) is 8. The van der Waals surface area contributed by atoms with Crippen LogP contribution in [0.2, 0.25) is 0 Å². The van der Waals surface area contributed by atoms with Gasteiger partial charge in [-0.2, -0.15) is 8.42 Å². The molecule has 9 heteroatoms. The summed E-state index contributed by atoms with van der Waals surface area (Å²) in [5.41, 5.74) is 0. The SMILES string of the molecule is CCCCOC[C@H]1O[C@H](CCOS(C)(=O)=O)[C@@H](OCCCC)[C@@H](OCCCC)[C@@H]1OCCCC. The molecule has 0 aromatic carbocycles. The van der Waals surface area contributed by atoms with Gasteiger partial charge in [0, 0.05) is 32.8 Å². The number of ether oxygens (including phenoxy) is 5.